The van der Waals surface area contributed by atoms with Crippen molar-refractivity contribution in [3.8, 4) is 0 Å². The lowest BCUT2D eigenvalue weighted by Crippen LogP contribution is -2.50. The Balaban J connectivity index is 1.46. The number of rotatable bonds is 5. The van der Waals surface area contributed by atoms with E-state index in [1.54, 1.807) is 24.3 Å². The van der Waals surface area contributed by atoms with Gasteiger partial charge in [-0.25, -0.2) is 4.79 Å². The molecule has 0 aliphatic carbocycles. The highest BCUT2D eigenvalue weighted by atomic mass is 16.2. The van der Waals surface area contributed by atoms with Crippen LogP contribution in [-0.2, 0) is 6.42 Å². The molecule has 26 heavy (non-hydrogen) atoms. The van der Waals surface area contributed by atoms with Crippen LogP contribution in [0.2, 0.25) is 0 Å². The molecule has 1 aliphatic rings. The molecular weight excluding hydrogens is 326 g/mol. The molecular formula is C21H25N3O2. The van der Waals surface area contributed by atoms with Crippen LogP contribution in [0.3, 0.4) is 0 Å². The number of amides is 2. The highest BCUT2D eigenvalue weighted by Gasteiger charge is 2.21. The van der Waals surface area contributed by atoms with Crippen molar-refractivity contribution in [2.45, 2.75) is 13.3 Å². The van der Waals surface area contributed by atoms with E-state index in [2.05, 4.69) is 34.5 Å². The minimum atomic E-state index is -0.103. The zero-order valence-electron chi connectivity index (χ0n) is 15.1. The van der Waals surface area contributed by atoms with Gasteiger partial charge in [-0.05, 0) is 31.0 Å². The lowest BCUT2D eigenvalue weighted by Gasteiger charge is -2.34. The van der Waals surface area contributed by atoms with E-state index < -0.39 is 0 Å². The summed E-state index contributed by atoms with van der Waals surface area (Å²) in [6, 6.07) is 17.4. The Labute approximate surface area is 154 Å². The number of hydrogen-bond donors (Lipinski definition) is 1. The zero-order chi connectivity index (χ0) is 18.4. The van der Waals surface area contributed by atoms with Gasteiger partial charge in [0.25, 0.3) is 0 Å². The van der Waals surface area contributed by atoms with Gasteiger partial charge in [-0.2, -0.15) is 0 Å². The van der Waals surface area contributed by atoms with Gasteiger partial charge >= 0.3 is 6.03 Å². The van der Waals surface area contributed by atoms with E-state index in [-0.39, 0.29) is 11.8 Å². The van der Waals surface area contributed by atoms with Crippen molar-refractivity contribution in [1.29, 1.82) is 0 Å². The van der Waals surface area contributed by atoms with Gasteiger partial charge in [-0.3, -0.25) is 9.69 Å². The van der Waals surface area contributed by atoms with Gasteiger partial charge in [0.2, 0.25) is 0 Å². The fraction of sp³-hybridized carbons (Fsp3) is 0.333. The topological polar surface area (TPSA) is 52.7 Å². The van der Waals surface area contributed by atoms with Gasteiger partial charge in [0.1, 0.15) is 0 Å². The smallest absolute Gasteiger partial charge is 0.321 e. The molecule has 5 heteroatoms. The Hall–Kier alpha value is -2.66. The number of urea groups is 1. The molecule has 1 aliphatic heterocycles. The van der Waals surface area contributed by atoms with Gasteiger partial charge in [0, 0.05) is 44.0 Å². The van der Waals surface area contributed by atoms with Crippen molar-refractivity contribution >= 4 is 17.5 Å². The first-order valence-corrected chi connectivity index (χ1v) is 9.05. The number of benzene rings is 2. The normalized spacial score (nSPS) is 14.9. The monoisotopic (exact) mass is 351 g/mol. The van der Waals surface area contributed by atoms with E-state index >= 15 is 0 Å². The van der Waals surface area contributed by atoms with Crippen LogP contribution in [0.25, 0.3) is 0 Å². The summed E-state index contributed by atoms with van der Waals surface area (Å²) < 4.78 is 0. The molecule has 5 nitrogen and oxygen atoms in total. The number of Topliss-reactive ketones (excluding diaryl/α,β-unsaturated/α-hetero) is 1. The molecule has 0 bridgehead atoms. The van der Waals surface area contributed by atoms with Crippen LogP contribution < -0.4 is 5.32 Å². The Kier molecular flexibility index (Phi) is 6.02. The molecule has 1 fully saturated rings. The van der Waals surface area contributed by atoms with Crippen molar-refractivity contribution in [3.05, 3.63) is 65.7 Å². The van der Waals surface area contributed by atoms with E-state index in [9.17, 15) is 9.59 Å². The number of nitrogens with one attached hydrogen (secondary N) is 1. The third-order valence-electron chi connectivity index (χ3n) is 4.74. The fourth-order valence-corrected chi connectivity index (χ4v) is 3.12. The van der Waals surface area contributed by atoms with E-state index in [1.165, 1.54) is 12.5 Å². The second kappa shape index (κ2) is 8.63. The maximum Gasteiger partial charge on any atom is 0.321 e. The molecule has 136 valence electrons. The number of anilines is 1. The lowest BCUT2D eigenvalue weighted by atomic mass is 10.1. The molecule has 0 atom stereocenters. The van der Waals surface area contributed by atoms with E-state index in [1.807, 2.05) is 11.0 Å². The van der Waals surface area contributed by atoms with Crippen LogP contribution in [0.4, 0.5) is 10.5 Å². The van der Waals surface area contributed by atoms with Gasteiger partial charge in [0.15, 0.2) is 5.78 Å². The first-order valence-electron chi connectivity index (χ1n) is 9.05. The summed E-state index contributed by atoms with van der Waals surface area (Å²) in [4.78, 5) is 28.1. The Morgan fingerprint density at radius 3 is 2.38 bits per heavy atom. The maximum atomic E-state index is 12.4. The maximum absolute atomic E-state index is 12.4. The number of nitrogens with zero attached hydrogens (tertiary/aromatic N) is 2. The number of carbonyl (C=O) groups excluding carboxylic acids is 2. The summed E-state index contributed by atoms with van der Waals surface area (Å²) >= 11 is 0. The molecule has 1 heterocycles. The van der Waals surface area contributed by atoms with Gasteiger partial charge in [0.05, 0.1) is 0 Å². The summed E-state index contributed by atoms with van der Waals surface area (Å²) in [5.41, 5.74) is 2.61. The summed E-state index contributed by atoms with van der Waals surface area (Å²) in [5.74, 6) is -0.00636. The average Bonchev–Trinajstić information content (AvgIpc) is 2.68. The van der Waals surface area contributed by atoms with Gasteiger partial charge in [-0.15, -0.1) is 0 Å². The first-order chi connectivity index (χ1) is 12.6. The molecule has 0 radical (unpaired) electrons. The third-order valence-corrected chi connectivity index (χ3v) is 4.74. The SMILES string of the molecule is CC(=O)c1cccc(NC(=O)N2CCN(CCc3ccccc3)CC2)c1. The number of carbonyl (C=O) groups is 2. The molecule has 0 unspecified atom stereocenters. The van der Waals surface area contributed by atoms with Crippen molar-refractivity contribution in [1.82, 2.24) is 9.80 Å². The van der Waals surface area contributed by atoms with E-state index in [0.29, 0.717) is 24.3 Å². The minimum absolute atomic E-state index is 0.00636. The van der Waals surface area contributed by atoms with Crippen molar-refractivity contribution < 1.29 is 9.59 Å². The molecule has 0 spiro atoms. The Bertz CT molecular complexity index is 753. The molecule has 3 rings (SSSR count). The van der Waals surface area contributed by atoms with Crippen LogP contribution >= 0.6 is 0 Å². The van der Waals surface area contributed by atoms with Crippen LogP contribution in [0.15, 0.2) is 54.6 Å². The van der Waals surface area contributed by atoms with Crippen LogP contribution in [0.1, 0.15) is 22.8 Å². The van der Waals surface area contributed by atoms with Crippen molar-refractivity contribution in [2.24, 2.45) is 0 Å². The van der Waals surface area contributed by atoms with Crippen LogP contribution in [0.5, 0.6) is 0 Å². The molecule has 2 aromatic carbocycles. The lowest BCUT2D eigenvalue weighted by molar-refractivity contribution is 0.101. The summed E-state index contributed by atoms with van der Waals surface area (Å²) in [7, 11) is 0. The number of ketones is 1. The number of piperazine rings is 1. The van der Waals surface area contributed by atoms with Crippen LogP contribution in [0, 0.1) is 0 Å². The predicted octanol–water partition coefficient (Wildman–Crippen LogP) is 3.28. The second-order valence-corrected chi connectivity index (χ2v) is 6.63. The summed E-state index contributed by atoms with van der Waals surface area (Å²) in [6.45, 7) is 5.73. The van der Waals surface area contributed by atoms with Crippen molar-refractivity contribution in [2.75, 3.05) is 38.0 Å². The Morgan fingerprint density at radius 1 is 0.962 bits per heavy atom. The van der Waals surface area contributed by atoms with Gasteiger partial charge < -0.3 is 10.2 Å². The minimum Gasteiger partial charge on any atom is -0.322 e. The molecule has 2 aromatic rings. The Morgan fingerprint density at radius 2 is 1.69 bits per heavy atom. The van der Waals surface area contributed by atoms with E-state index in [4.69, 9.17) is 0 Å². The van der Waals surface area contributed by atoms with E-state index in [0.717, 1.165) is 26.1 Å². The molecule has 1 N–H and O–H groups in total. The van der Waals surface area contributed by atoms with Crippen molar-refractivity contribution in [3.63, 3.8) is 0 Å². The quantitative estimate of drug-likeness (QED) is 0.841. The molecule has 1 saturated heterocycles. The standard InChI is InChI=1S/C21H25N3O2/c1-17(25)19-8-5-9-20(16-19)22-21(26)24-14-12-23(13-15-24)11-10-18-6-3-2-4-7-18/h2-9,16H,10-15H2,1H3,(H,22,26). The molecule has 0 aromatic heterocycles. The average molecular weight is 351 g/mol. The summed E-state index contributed by atoms with van der Waals surface area (Å²) in [5, 5.41) is 2.90. The first kappa shape index (κ1) is 18.1. The largest absolute Gasteiger partial charge is 0.322 e. The molecule has 0 saturated carbocycles. The van der Waals surface area contributed by atoms with Gasteiger partial charge in [-0.1, -0.05) is 42.5 Å². The zero-order valence-corrected chi connectivity index (χ0v) is 15.1. The third kappa shape index (κ3) is 4.92. The highest BCUT2D eigenvalue weighted by molar-refractivity contribution is 5.96. The number of hydrogen-bond acceptors (Lipinski definition) is 3. The summed E-state index contributed by atoms with van der Waals surface area (Å²) in [6.07, 6.45) is 1.03. The highest BCUT2D eigenvalue weighted by Crippen LogP contribution is 2.13. The van der Waals surface area contributed by atoms with Crippen LogP contribution in [-0.4, -0.2) is 54.3 Å². The predicted molar refractivity (Wildman–Crippen MR) is 104 cm³/mol. The second-order valence-electron chi connectivity index (χ2n) is 6.63. The molecule has 2 amide bonds. The fourth-order valence-electron chi connectivity index (χ4n) is 3.12.